The zero-order valence-electron chi connectivity index (χ0n) is 11.0. The van der Waals surface area contributed by atoms with E-state index >= 15 is 0 Å². The number of hydrogen-bond acceptors (Lipinski definition) is 6. The Bertz CT molecular complexity index is 399. The number of esters is 1. The number of anilines is 1. The van der Waals surface area contributed by atoms with Crippen molar-refractivity contribution in [1.82, 2.24) is 9.97 Å². The van der Waals surface area contributed by atoms with E-state index in [0.29, 0.717) is 0 Å². The minimum absolute atomic E-state index is 0.250. The summed E-state index contributed by atoms with van der Waals surface area (Å²) in [4.78, 5) is 19.8. The van der Waals surface area contributed by atoms with Crippen LogP contribution in [0.25, 0.3) is 0 Å². The van der Waals surface area contributed by atoms with Crippen LogP contribution < -0.4 is 5.32 Å². The Morgan fingerprint density at radius 2 is 2.22 bits per heavy atom. The molecule has 1 aromatic rings. The van der Waals surface area contributed by atoms with Gasteiger partial charge in [-0.1, -0.05) is 25.6 Å². The van der Waals surface area contributed by atoms with Gasteiger partial charge in [-0.2, -0.15) is 0 Å². The molecule has 1 heterocycles. The molecule has 1 N–H and O–H groups in total. The van der Waals surface area contributed by atoms with E-state index in [1.54, 1.807) is 0 Å². The second-order valence-electron chi connectivity index (χ2n) is 3.65. The molecule has 0 aliphatic carbocycles. The van der Waals surface area contributed by atoms with Crippen molar-refractivity contribution in [2.45, 2.75) is 31.7 Å². The summed E-state index contributed by atoms with van der Waals surface area (Å²) in [5.41, 5.74) is 0. The summed E-state index contributed by atoms with van der Waals surface area (Å²) in [6.45, 7) is 4.98. The van der Waals surface area contributed by atoms with Crippen molar-refractivity contribution < 1.29 is 9.53 Å². The van der Waals surface area contributed by atoms with Crippen LogP contribution in [0.3, 0.4) is 0 Å². The van der Waals surface area contributed by atoms with Crippen LogP contribution in [0.15, 0.2) is 11.1 Å². The molecule has 0 aliphatic heterocycles. The van der Waals surface area contributed by atoms with Gasteiger partial charge in [-0.25, -0.2) is 9.97 Å². The van der Waals surface area contributed by atoms with E-state index in [9.17, 15) is 4.79 Å². The van der Waals surface area contributed by atoms with Gasteiger partial charge >= 0.3 is 5.97 Å². The summed E-state index contributed by atoms with van der Waals surface area (Å²) in [5, 5.41) is 4.03. The SMILES string of the molecule is CCCNc1cc(SCC(=O)OC)nc(CC)n1. The molecule has 0 bridgehead atoms. The fourth-order valence-corrected chi connectivity index (χ4v) is 1.99. The number of nitrogens with zero attached hydrogens (tertiary/aromatic N) is 2. The molecule has 0 spiro atoms. The van der Waals surface area contributed by atoms with E-state index in [-0.39, 0.29) is 11.7 Å². The van der Waals surface area contributed by atoms with Gasteiger partial charge < -0.3 is 10.1 Å². The number of carbonyl (C=O) groups is 1. The van der Waals surface area contributed by atoms with Gasteiger partial charge in [0.15, 0.2) is 0 Å². The van der Waals surface area contributed by atoms with Crippen LogP contribution >= 0.6 is 11.8 Å². The maximum Gasteiger partial charge on any atom is 0.316 e. The predicted molar refractivity (Wildman–Crippen MR) is 72.9 cm³/mol. The minimum Gasteiger partial charge on any atom is -0.468 e. The first-order valence-electron chi connectivity index (χ1n) is 6.01. The highest BCUT2D eigenvalue weighted by Crippen LogP contribution is 2.19. The monoisotopic (exact) mass is 269 g/mol. The number of aryl methyl sites for hydroxylation is 1. The maximum absolute atomic E-state index is 11.1. The first-order valence-corrected chi connectivity index (χ1v) is 6.99. The fraction of sp³-hybridized carbons (Fsp3) is 0.583. The smallest absolute Gasteiger partial charge is 0.316 e. The van der Waals surface area contributed by atoms with Crippen LogP contribution in [-0.2, 0) is 16.0 Å². The highest BCUT2D eigenvalue weighted by molar-refractivity contribution is 7.99. The predicted octanol–water partition coefficient (Wildman–Crippen LogP) is 2.13. The number of ether oxygens (including phenoxy) is 1. The van der Waals surface area contributed by atoms with Gasteiger partial charge in [0.2, 0.25) is 0 Å². The average Bonchev–Trinajstić information content (AvgIpc) is 2.42. The number of carbonyl (C=O) groups excluding carboxylic acids is 1. The lowest BCUT2D eigenvalue weighted by Crippen LogP contribution is -2.07. The highest BCUT2D eigenvalue weighted by atomic mass is 32.2. The Morgan fingerprint density at radius 3 is 2.83 bits per heavy atom. The average molecular weight is 269 g/mol. The zero-order chi connectivity index (χ0) is 13.4. The van der Waals surface area contributed by atoms with Gasteiger partial charge in [0, 0.05) is 19.0 Å². The number of aromatic nitrogens is 2. The number of thioether (sulfide) groups is 1. The molecular formula is C12H19N3O2S. The van der Waals surface area contributed by atoms with Gasteiger partial charge in [-0.05, 0) is 6.42 Å². The quantitative estimate of drug-likeness (QED) is 0.465. The van der Waals surface area contributed by atoms with E-state index in [0.717, 1.165) is 36.1 Å². The van der Waals surface area contributed by atoms with E-state index in [1.807, 2.05) is 13.0 Å². The van der Waals surface area contributed by atoms with Crippen LogP contribution in [-0.4, -0.2) is 35.3 Å². The van der Waals surface area contributed by atoms with E-state index < -0.39 is 0 Å². The molecule has 100 valence electrons. The molecule has 18 heavy (non-hydrogen) atoms. The summed E-state index contributed by atoms with van der Waals surface area (Å²) in [5.74, 6) is 1.61. The van der Waals surface area contributed by atoms with Gasteiger partial charge in [0.1, 0.15) is 16.7 Å². The van der Waals surface area contributed by atoms with Crippen molar-refractivity contribution in [3.63, 3.8) is 0 Å². The first-order chi connectivity index (χ1) is 8.69. The normalized spacial score (nSPS) is 10.2. The Labute approximate surface area is 112 Å². The molecule has 0 saturated heterocycles. The Kier molecular flexibility index (Phi) is 6.49. The van der Waals surface area contributed by atoms with Gasteiger partial charge in [0.05, 0.1) is 12.9 Å². The lowest BCUT2D eigenvalue weighted by atomic mass is 10.4. The van der Waals surface area contributed by atoms with Crippen LogP contribution in [0.1, 0.15) is 26.1 Å². The molecule has 6 heteroatoms. The maximum atomic E-state index is 11.1. The molecule has 0 atom stereocenters. The van der Waals surface area contributed by atoms with Gasteiger partial charge in [-0.3, -0.25) is 4.79 Å². The number of rotatable bonds is 7. The summed E-state index contributed by atoms with van der Waals surface area (Å²) in [6, 6.07) is 1.86. The fourth-order valence-electron chi connectivity index (χ4n) is 1.24. The molecule has 0 fully saturated rings. The van der Waals surface area contributed by atoms with Gasteiger partial charge in [0.25, 0.3) is 0 Å². The molecule has 1 aromatic heterocycles. The minimum atomic E-state index is -0.250. The molecule has 0 radical (unpaired) electrons. The van der Waals surface area contributed by atoms with Crippen molar-refractivity contribution in [2.75, 3.05) is 24.7 Å². The molecule has 0 saturated carbocycles. The molecule has 0 amide bonds. The summed E-state index contributed by atoms with van der Waals surface area (Å²) in [7, 11) is 1.38. The van der Waals surface area contributed by atoms with Crippen molar-refractivity contribution >= 4 is 23.5 Å². The number of hydrogen-bond donors (Lipinski definition) is 1. The van der Waals surface area contributed by atoms with Crippen LogP contribution in [0.4, 0.5) is 5.82 Å². The topological polar surface area (TPSA) is 64.1 Å². The lowest BCUT2D eigenvalue weighted by Gasteiger charge is -2.08. The second kappa shape index (κ2) is 7.92. The van der Waals surface area contributed by atoms with Crippen molar-refractivity contribution in [2.24, 2.45) is 0 Å². The summed E-state index contributed by atoms with van der Waals surface area (Å²) >= 11 is 1.36. The van der Waals surface area contributed by atoms with Crippen LogP contribution in [0.5, 0.6) is 0 Å². The molecule has 5 nitrogen and oxygen atoms in total. The summed E-state index contributed by atoms with van der Waals surface area (Å²) in [6.07, 6.45) is 1.81. The molecule has 1 rings (SSSR count). The first kappa shape index (κ1) is 14.8. The Hall–Kier alpha value is -1.30. The van der Waals surface area contributed by atoms with E-state index in [4.69, 9.17) is 0 Å². The third-order valence-corrected chi connectivity index (χ3v) is 3.07. The number of methoxy groups -OCH3 is 1. The van der Waals surface area contributed by atoms with E-state index in [2.05, 4.69) is 26.9 Å². The number of nitrogens with one attached hydrogen (secondary N) is 1. The standard InChI is InChI=1S/C12H19N3O2S/c1-4-6-13-10-7-11(15-9(5-2)14-10)18-8-12(16)17-3/h7H,4-6,8H2,1-3H3,(H,13,14,15). The van der Waals surface area contributed by atoms with Gasteiger partial charge in [-0.15, -0.1) is 0 Å². The van der Waals surface area contributed by atoms with Crippen LogP contribution in [0, 0.1) is 0 Å². The third kappa shape index (κ3) is 4.91. The lowest BCUT2D eigenvalue weighted by molar-refractivity contribution is -0.137. The molecular weight excluding hydrogens is 250 g/mol. The highest BCUT2D eigenvalue weighted by Gasteiger charge is 2.07. The largest absolute Gasteiger partial charge is 0.468 e. The van der Waals surface area contributed by atoms with E-state index in [1.165, 1.54) is 18.9 Å². The molecule has 0 aliphatic rings. The third-order valence-electron chi connectivity index (χ3n) is 2.19. The Balaban J connectivity index is 2.73. The van der Waals surface area contributed by atoms with Crippen molar-refractivity contribution in [3.05, 3.63) is 11.9 Å². The zero-order valence-corrected chi connectivity index (χ0v) is 11.8. The summed E-state index contributed by atoms with van der Waals surface area (Å²) < 4.78 is 4.60. The van der Waals surface area contributed by atoms with Crippen LogP contribution in [0.2, 0.25) is 0 Å². The van der Waals surface area contributed by atoms with Crippen molar-refractivity contribution in [3.8, 4) is 0 Å². The second-order valence-corrected chi connectivity index (χ2v) is 4.65. The Morgan fingerprint density at radius 1 is 1.44 bits per heavy atom. The van der Waals surface area contributed by atoms with Crippen molar-refractivity contribution in [1.29, 1.82) is 0 Å². The molecule has 0 unspecified atom stereocenters. The molecule has 0 aromatic carbocycles.